The molecule has 1 heterocycles. The predicted molar refractivity (Wildman–Crippen MR) is 66.4 cm³/mol. The van der Waals surface area contributed by atoms with Crippen molar-refractivity contribution in [1.29, 1.82) is 0 Å². The predicted octanol–water partition coefficient (Wildman–Crippen LogP) is 1.86. The van der Waals surface area contributed by atoms with E-state index in [2.05, 4.69) is 15.5 Å². The number of hydrogen-bond acceptors (Lipinski definition) is 6. The van der Waals surface area contributed by atoms with Gasteiger partial charge in [0.25, 0.3) is 5.22 Å². The lowest BCUT2D eigenvalue weighted by molar-refractivity contribution is -0.133. The van der Waals surface area contributed by atoms with Gasteiger partial charge in [-0.1, -0.05) is 30.0 Å². The number of rotatable bonds is 6. The van der Waals surface area contributed by atoms with Crippen molar-refractivity contribution < 1.29 is 14.3 Å². The molecule has 2 N–H and O–H groups in total. The average Bonchev–Trinajstić information content (AvgIpc) is 2.83. The van der Waals surface area contributed by atoms with E-state index in [0.29, 0.717) is 12.4 Å². The third kappa shape index (κ3) is 3.77. The van der Waals surface area contributed by atoms with Gasteiger partial charge in [-0.3, -0.25) is 4.79 Å². The van der Waals surface area contributed by atoms with Crippen molar-refractivity contribution in [2.45, 2.75) is 11.8 Å². The maximum absolute atomic E-state index is 10.4. The number of benzene rings is 1. The summed E-state index contributed by atoms with van der Waals surface area (Å²) < 4.78 is 5.27. The van der Waals surface area contributed by atoms with E-state index < -0.39 is 5.97 Å². The molecule has 0 spiro atoms. The summed E-state index contributed by atoms with van der Waals surface area (Å²) >= 11 is 1.00. The second kappa shape index (κ2) is 6.06. The molecule has 0 aliphatic carbocycles. The van der Waals surface area contributed by atoms with Gasteiger partial charge in [-0.2, -0.15) is 0 Å². The van der Waals surface area contributed by atoms with Crippen LogP contribution in [0.5, 0.6) is 0 Å². The molecule has 0 amide bonds. The molecule has 2 rings (SSSR count). The molecule has 0 fully saturated rings. The van der Waals surface area contributed by atoms with Crippen LogP contribution in [0.1, 0.15) is 5.89 Å². The van der Waals surface area contributed by atoms with E-state index in [-0.39, 0.29) is 11.0 Å². The molecule has 0 aliphatic rings. The zero-order valence-corrected chi connectivity index (χ0v) is 10.2. The number of aliphatic carboxylic acids is 1. The van der Waals surface area contributed by atoms with Crippen molar-refractivity contribution in [3.8, 4) is 0 Å². The highest BCUT2D eigenvalue weighted by Gasteiger charge is 2.08. The largest absolute Gasteiger partial charge is 0.481 e. The first-order valence-corrected chi connectivity index (χ1v) is 6.18. The molecule has 0 radical (unpaired) electrons. The summed E-state index contributed by atoms with van der Waals surface area (Å²) in [4.78, 5) is 10.4. The lowest BCUT2D eigenvalue weighted by atomic mass is 10.3. The van der Waals surface area contributed by atoms with Gasteiger partial charge in [0, 0.05) is 5.69 Å². The summed E-state index contributed by atoms with van der Waals surface area (Å²) in [6.07, 6.45) is 0. The van der Waals surface area contributed by atoms with Crippen LogP contribution in [0.2, 0.25) is 0 Å². The van der Waals surface area contributed by atoms with Crippen LogP contribution in [-0.4, -0.2) is 27.0 Å². The standard InChI is InChI=1S/C11H11N3O3S/c15-10(16)7-18-11-14-13-9(17-11)6-12-8-4-2-1-3-5-8/h1-5,12H,6-7H2,(H,15,16). The van der Waals surface area contributed by atoms with Gasteiger partial charge >= 0.3 is 5.97 Å². The lowest BCUT2D eigenvalue weighted by Crippen LogP contribution is -1.99. The zero-order chi connectivity index (χ0) is 12.8. The van der Waals surface area contributed by atoms with Crippen molar-refractivity contribution in [2.75, 3.05) is 11.1 Å². The topological polar surface area (TPSA) is 88.2 Å². The number of hydrogen-bond donors (Lipinski definition) is 2. The van der Waals surface area contributed by atoms with Gasteiger partial charge in [-0.25, -0.2) is 0 Å². The van der Waals surface area contributed by atoms with E-state index in [1.165, 1.54) is 0 Å². The van der Waals surface area contributed by atoms with Gasteiger partial charge in [0.05, 0.1) is 6.54 Å². The Hall–Kier alpha value is -2.02. The van der Waals surface area contributed by atoms with Gasteiger partial charge < -0.3 is 14.8 Å². The molecule has 0 bridgehead atoms. The molecule has 0 atom stereocenters. The first-order valence-electron chi connectivity index (χ1n) is 5.20. The van der Waals surface area contributed by atoms with Crippen molar-refractivity contribution >= 4 is 23.4 Å². The molecular formula is C11H11N3O3S. The number of anilines is 1. The van der Waals surface area contributed by atoms with Gasteiger partial charge in [0.2, 0.25) is 5.89 Å². The Morgan fingerprint density at radius 1 is 1.33 bits per heavy atom. The number of thioether (sulfide) groups is 1. The number of carboxylic acids is 1. The van der Waals surface area contributed by atoms with Gasteiger partial charge in [0.1, 0.15) is 5.75 Å². The molecule has 7 heteroatoms. The Morgan fingerprint density at radius 2 is 2.11 bits per heavy atom. The van der Waals surface area contributed by atoms with Crippen LogP contribution < -0.4 is 5.32 Å². The molecule has 0 saturated heterocycles. The van der Waals surface area contributed by atoms with Crippen LogP contribution in [-0.2, 0) is 11.3 Å². The third-order valence-corrected chi connectivity index (χ3v) is 2.79. The van der Waals surface area contributed by atoms with E-state index in [0.717, 1.165) is 17.4 Å². The molecule has 94 valence electrons. The Morgan fingerprint density at radius 3 is 2.83 bits per heavy atom. The van der Waals surface area contributed by atoms with E-state index in [1.807, 2.05) is 30.3 Å². The van der Waals surface area contributed by atoms with Crippen molar-refractivity contribution in [3.05, 3.63) is 36.2 Å². The summed E-state index contributed by atoms with van der Waals surface area (Å²) in [7, 11) is 0. The Balaban J connectivity index is 1.85. The Labute approximate surface area is 107 Å². The van der Waals surface area contributed by atoms with Crippen LogP contribution in [0.3, 0.4) is 0 Å². The number of carboxylic acid groups (broad SMARTS) is 1. The minimum absolute atomic E-state index is 0.0895. The van der Waals surface area contributed by atoms with Crippen molar-refractivity contribution in [3.63, 3.8) is 0 Å². The molecule has 0 saturated carbocycles. The lowest BCUT2D eigenvalue weighted by Gasteiger charge is -2.01. The molecule has 2 aromatic rings. The number of nitrogens with zero attached hydrogens (tertiary/aromatic N) is 2. The summed E-state index contributed by atoms with van der Waals surface area (Å²) in [5, 5.41) is 19.5. The second-order valence-electron chi connectivity index (χ2n) is 3.36. The Kier molecular flexibility index (Phi) is 4.19. The van der Waals surface area contributed by atoms with Gasteiger partial charge in [-0.15, -0.1) is 10.2 Å². The Bertz CT molecular complexity index is 515. The fraction of sp³-hybridized carbons (Fsp3) is 0.182. The zero-order valence-electron chi connectivity index (χ0n) is 9.37. The third-order valence-electron chi connectivity index (χ3n) is 1.98. The minimum atomic E-state index is -0.915. The smallest absolute Gasteiger partial charge is 0.314 e. The van der Waals surface area contributed by atoms with E-state index >= 15 is 0 Å². The van der Waals surface area contributed by atoms with E-state index in [9.17, 15) is 4.79 Å². The van der Waals surface area contributed by atoms with E-state index in [1.54, 1.807) is 0 Å². The normalized spacial score (nSPS) is 10.2. The monoisotopic (exact) mass is 265 g/mol. The minimum Gasteiger partial charge on any atom is -0.481 e. The number of aromatic nitrogens is 2. The quantitative estimate of drug-likeness (QED) is 0.770. The van der Waals surface area contributed by atoms with Crippen LogP contribution in [0, 0.1) is 0 Å². The van der Waals surface area contributed by atoms with Crippen LogP contribution >= 0.6 is 11.8 Å². The number of nitrogens with one attached hydrogen (secondary N) is 1. The summed E-state index contributed by atoms with van der Waals surface area (Å²) in [6.45, 7) is 0.407. The molecular weight excluding hydrogens is 254 g/mol. The summed E-state index contributed by atoms with van der Waals surface area (Å²) in [6, 6.07) is 9.63. The average molecular weight is 265 g/mol. The number of carbonyl (C=O) groups is 1. The second-order valence-corrected chi connectivity index (χ2v) is 4.29. The van der Waals surface area contributed by atoms with Crippen LogP contribution in [0.25, 0.3) is 0 Å². The fourth-order valence-electron chi connectivity index (χ4n) is 1.23. The first kappa shape index (κ1) is 12.4. The highest BCUT2D eigenvalue weighted by molar-refractivity contribution is 7.99. The molecule has 0 aliphatic heterocycles. The highest BCUT2D eigenvalue weighted by Crippen LogP contribution is 2.16. The summed E-state index contributed by atoms with van der Waals surface area (Å²) in [5.74, 6) is -0.581. The fourth-order valence-corrected chi connectivity index (χ4v) is 1.73. The van der Waals surface area contributed by atoms with Crippen LogP contribution in [0.15, 0.2) is 40.0 Å². The highest BCUT2D eigenvalue weighted by atomic mass is 32.2. The molecule has 18 heavy (non-hydrogen) atoms. The molecule has 0 unspecified atom stereocenters. The first-order chi connectivity index (χ1) is 8.74. The summed E-state index contributed by atoms with van der Waals surface area (Å²) in [5.41, 5.74) is 0.954. The maximum atomic E-state index is 10.4. The maximum Gasteiger partial charge on any atom is 0.314 e. The van der Waals surface area contributed by atoms with Gasteiger partial charge in [-0.05, 0) is 12.1 Å². The number of para-hydroxylation sites is 1. The SMILES string of the molecule is O=C(O)CSc1nnc(CNc2ccccc2)o1. The van der Waals surface area contributed by atoms with Crippen LogP contribution in [0.4, 0.5) is 5.69 Å². The van der Waals surface area contributed by atoms with Crippen molar-refractivity contribution in [1.82, 2.24) is 10.2 Å². The van der Waals surface area contributed by atoms with E-state index in [4.69, 9.17) is 9.52 Å². The molecule has 1 aromatic carbocycles. The van der Waals surface area contributed by atoms with Gasteiger partial charge in [0.15, 0.2) is 0 Å². The molecule has 1 aromatic heterocycles. The molecule has 6 nitrogen and oxygen atoms in total. The van der Waals surface area contributed by atoms with Crippen molar-refractivity contribution in [2.24, 2.45) is 0 Å².